The Balaban J connectivity index is 1.90. The highest BCUT2D eigenvalue weighted by Crippen LogP contribution is 2.23. The summed E-state index contributed by atoms with van der Waals surface area (Å²) < 4.78 is 1.43. The van der Waals surface area contributed by atoms with Gasteiger partial charge < -0.3 is 11.2 Å². The first-order chi connectivity index (χ1) is 11.4. The molecule has 0 aliphatic heterocycles. The smallest absolute Gasteiger partial charge is 0.236 e. The quantitative estimate of drug-likeness (QED) is 0.416. The lowest BCUT2D eigenvalue weighted by atomic mass is 10.2. The number of unbranched alkanes of at least 4 members (excludes halogenated alkanes) is 1. The maximum atomic E-state index is 12.0. The van der Waals surface area contributed by atoms with Crippen LogP contribution in [-0.2, 0) is 11.2 Å². The fourth-order valence-corrected chi connectivity index (χ4v) is 3.53. The van der Waals surface area contributed by atoms with Gasteiger partial charge in [-0.1, -0.05) is 36.4 Å². The highest BCUT2D eigenvalue weighted by atomic mass is 32.2. The minimum Gasteiger partial charge on any atom is -0.336 e. The SMILES string of the molecule is CCCCc1nnc(SCC(=O)Nc2nc(C)c(C(C)=O)s2)n1N. The molecule has 3 N–H and O–H groups in total. The molecule has 2 aromatic heterocycles. The Morgan fingerprint density at radius 3 is 2.75 bits per heavy atom. The molecule has 1 amide bonds. The minimum absolute atomic E-state index is 0.0595. The van der Waals surface area contributed by atoms with Crippen molar-refractivity contribution in [3.63, 3.8) is 0 Å². The zero-order valence-corrected chi connectivity index (χ0v) is 15.5. The number of amides is 1. The minimum atomic E-state index is -0.234. The monoisotopic (exact) mass is 368 g/mol. The number of hydrogen-bond donors (Lipinski definition) is 2. The summed E-state index contributed by atoms with van der Waals surface area (Å²) in [6.45, 7) is 5.31. The number of aromatic nitrogens is 4. The van der Waals surface area contributed by atoms with E-state index in [1.165, 1.54) is 34.7 Å². The first-order valence-corrected chi connectivity index (χ1v) is 9.33. The van der Waals surface area contributed by atoms with Crippen LogP contribution in [0, 0.1) is 6.92 Å². The predicted molar refractivity (Wildman–Crippen MR) is 95.0 cm³/mol. The zero-order valence-electron chi connectivity index (χ0n) is 13.8. The van der Waals surface area contributed by atoms with Crippen LogP contribution in [0.15, 0.2) is 5.16 Å². The molecule has 0 radical (unpaired) electrons. The molecule has 0 aliphatic rings. The van der Waals surface area contributed by atoms with Gasteiger partial charge in [0, 0.05) is 13.3 Å². The molecule has 0 aromatic carbocycles. The summed E-state index contributed by atoms with van der Waals surface area (Å²) in [6.07, 6.45) is 2.80. The summed E-state index contributed by atoms with van der Waals surface area (Å²) >= 11 is 2.38. The number of nitrogen functional groups attached to an aromatic ring is 1. The van der Waals surface area contributed by atoms with Gasteiger partial charge in [-0.3, -0.25) is 9.59 Å². The number of Topliss-reactive ketones (excluding diaryl/α,β-unsaturated/α-hetero) is 1. The van der Waals surface area contributed by atoms with Crippen molar-refractivity contribution in [2.75, 3.05) is 16.9 Å². The van der Waals surface area contributed by atoms with Crippen molar-refractivity contribution in [3.05, 3.63) is 16.4 Å². The largest absolute Gasteiger partial charge is 0.336 e. The molecular weight excluding hydrogens is 348 g/mol. The molecule has 0 fully saturated rings. The first-order valence-electron chi connectivity index (χ1n) is 7.52. The van der Waals surface area contributed by atoms with E-state index in [4.69, 9.17) is 5.84 Å². The highest BCUT2D eigenvalue weighted by molar-refractivity contribution is 7.99. The van der Waals surface area contributed by atoms with Crippen LogP contribution in [0.2, 0.25) is 0 Å². The van der Waals surface area contributed by atoms with E-state index in [0.717, 1.165) is 19.3 Å². The van der Waals surface area contributed by atoms with Crippen LogP contribution in [0.3, 0.4) is 0 Å². The molecule has 0 atom stereocenters. The van der Waals surface area contributed by atoms with Gasteiger partial charge in [0.05, 0.1) is 16.3 Å². The van der Waals surface area contributed by atoms with Crippen molar-refractivity contribution in [2.45, 2.75) is 45.2 Å². The molecular formula is C14H20N6O2S2. The Hall–Kier alpha value is -1.94. The second kappa shape index (κ2) is 8.25. The Morgan fingerprint density at radius 1 is 1.38 bits per heavy atom. The van der Waals surface area contributed by atoms with E-state index < -0.39 is 0 Å². The standard InChI is InChI=1S/C14H20N6O2S2/c1-4-5-6-10-18-19-14(20(10)15)23-7-11(22)17-13-16-8(2)12(24-13)9(3)21/h4-7,15H2,1-3H3,(H,16,17,22). The fraction of sp³-hybridized carbons (Fsp3) is 0.500. The lowest BCUT2D eigenvalue weighted by Gasteiger charge is -2.03. The molecule has 0 bridgehead atoms. The van der Waals surface area contributed by atoms with Crippen LogP contribution in [0.25, 0.3) is 0 Å². The number of nitrogens with two attached hydrogens (primary N) is 1. The van der Waals surface area contributed by atoms with E-state index >= 15 is 0 Å². The van der Waals surface area contributed by atoms with Crippen LogP contribution >= 0.6 is 23.1 Å². The summed E-state index contributed by atoms with van der Waals surface area (Å²) in [7, 11) is 0. The van der Waals surface area contributed by atoms with E-state index in [9.17, 15) is 9.59 Å². The molecule has 0 saturated heterocycles. The van der Waals surface area contributed by atoms with Crippen molar-refractivity contribution in [3.8, 4) is 0 Å². The van der Waals surface area contributed by atoms with Crippen molar-refractivity contribution in [1.29, 1.82) is 0 Å². The Kier molecular flexibility index (Phi) is 6.32. The van der Waals surface area contributed by atoms with Crippen LogP contribution < -0.4 is 11.2 Å². The van der Waals surface area contributed by atoms with Gasteiger partial charge >= 0.3 is 0 Å². The molecule has 2 rings (SSSR count). The van der Waals surface area contributed by atoms with Crippen LogP contribution in [0.4, 0.5) is 5.13 Å². The third-order valence-corrected chi connectivity index (χ3v) is 5.30. The number of carbonyl (C=O) groups excluding carboxylic acids is 2. The number of aryl methyl sites for hydroxylation is 2. The second-order valence-corrected chi connectivity index (χ2v) is 7.14. The maximum absolute atomic E-state index is 12.0. The summed E-state index contributed by atoms with van der Waals surface area (Å²) in [4.78, 5) is 28.2. The van der Waals surface area contributed by atoms with E-state index in [2.05, 4.69) is 27.4 Å². The maximum Gasteiger partial charge on any atom is 0.236 e. The molecule has 0 aliphatic carbocycles. The summed E-state index contributed by atoms with van der Waals surface area (Å²) in [6, 6.07) is 0. The molecule has 0 spiro atoms. The molecule has 2 heterocycles. The van der Waals surface area contributed by atoms with Gasteiger partial charge in [0.15, 0.2) is 16.7 Å². The Morgan fingerprint density at radius 2 is 2.12 bits per heavy atom. The van der Waals surface area contributed by atoms with Crippen molar-refractivity contribution in [2.24, 2.45) is 0 Å². The van der Waals surface area contributed by atoms with Crippen LogP contribution in [0.5, 0.6) is 0 Å². The van der Waals surface area contributed by atoms with E-state index in [0.29, 0.717) is 26.7 Å². The fourth-order valence-electron chi connectivity index (χ4n) is 1.97. The van der Waals surface area contributed by atoms with Gasteiger partial charge in [0.25, 0.3) is 0 Å². The lowest BCUT2D eigenvalue weighted by Crippen LogP contribution is -2.17. The number of thiazole rings is 1. The van der Waals surface area contributed by atoms with Crippen LogP contribution in [-0.4, -0.2) is 37.3 Å². The van der Waals surface area contributed by atoms with E-state index in [-0.39, 0.29) is 17.4 Å². The topological polar surface area (TPSA) is 116 Å². The van der Waals surface area contributed by atoms with Crippen molar-refractivity contribution in [1.82, 2.24) is 19.9 Å². The lowest BCUT2D eigenvalue weighted by molar-refractivity contribution is -0.113. The van der Waals surface area contributed by atoms with Gasteiger partial charge in [-0.15, -0.1) is 10.2 Å². The molecule has 8 nitrogen and oxygen atoms in total. The highest BCUT2D eigenvalue weighted by Gasteiger charge is 2.15. The summed E-state index contributed by atoms with van der Waals surface area (Å²) in [5.74, 6) is 6.48. The third-order valence-electron chi connectivity index (χ3n) is 3.18. The molecule has 0 unspecified atom stereocenters. The average molecular weight is 368 g/mol. The number of rotatable bonds is 8. The van der Waals surface area contributed by atoms with Gasteiger partial charge in [0.2, 0.25) is 11.1 Å². The average Bonchev–Trinajstić information content (AvgIpc) is 3.06. The Bertz CT molecular complexity index is 740. The van der Waals surface area contributed by atoms with Crippen LogP contribution in [0.1, 0.15) is 47.9 Å². The van der Waals surface area contributed by atoms with Gasteiger partial charge in [-0.25, -0.2) is 9.66 Å². The number of thioether (sulfide) groups is 1. The van der Waals surface area contributed by atoms with Gasteiger partial charge in [-0.2, -0.15) is 0 Å². The number of hydrogen-bond acceptors (Lipinski definition) is 8. The summed E-state index contributed by atoms with van der Waals surface area (Å²) in [5, 5.41) is 11.6. The molecule has 2 aromatic rings. The van der Waals surface area contributed by atoms with E-state index in [1.54, 1.807) is 6.92 Å². The van der Waals surface area contributed by atoms with Gasteiger partial charge in [0.1, 0.15) is 0 Å². The molecule has 130 valence electrons. The second-order valence-electron chi connectivity index (χ2n) is 5.20. The number of nitrogens with zero attached hydrogens (tertiary/aromatic N) is 4. The van der Waals surface area contributed by atoms with Crippen molar-refractivity contribution >= 4 is 39.9 Å². The predicted octanol–water partition coefficient (Wildman–Crippen LogP) is 2.03. The third kappa shape index (κ3) is 4.54. The number of nitrogens with one attached hydrogen (secondary N) is 1. The van der Waals surface area contributed by atoms with Crippen molar-refractivity contribution < 1.29 is 9.59 Å². The van der Waals surface area contributed by atoms with Gasteiger partial charge in [-0.05, 0) is 13.3 Å². The summed E-state index contributed by atoms with van der Waals surface area (Å²) in [5.41, 5.74) is 0.623. The zero-order chi connectivity index (χ0) is 17.7. The first kappa shape index (κ1) is 18.4. The Labute approximate surface area is 148 Å². The molecule has 10 heteroatoms. The molecule has 0 saturated carbocycles. The number of anilines is 1. The number of carbonyl (C=O) groups is 2. The normalized spacial score (nSPS) is 10.8. The number of ketones is 1. The van der Waals surface area contributed by atoms with E-state index in [1.807, 2.05) is 0 Å². The molecule has 24 heavy (non-hydrogen) atoms.